The lowest BCUT2D eigenvalue weighted by Gasteiger charge is -2.20. The second kappa shape index (κ2) is 9.12. The number of aromatic nitrogens is 3. The molecule has 1 aromatic carbocycles. The number of carbonyl (C=O) groups is 1. The highest BCUT2D eigenvalue weighted by Gasteiger charge is 2.25. The molecule has 0 radical (unpaired) electrons. The Hall–Kier alpha value is -2.22. The molecule has 1 aliphatic carbocycles. The van der Waals surface area contributed by atoms with Gasteiger partial charge < -0.3 is 15.9 Å². The summed E-state index contributed by atoms with van der Waals surface area (Å²) in [5.41, 5.74) is 0.661. The third kappa shape index (κ3) is 4.74. The minimum Gasteiger partial charge on any atom is -0.492 e. The van der Waals surface area contributed by atoms with Crippen LogP contribution in [0.4, 0.5) is 5.69 Å². The summed E-state index contributed by atoms with van der Waals surface area (Å²) in [6.07, 6.45) is 5.89. The van der Waals surface area contributed by atoms with E-state index < -0.39 is 0 Å². The number of rotatable bonds is 7. The normalized spacial score (nSPS) is 16.1. The minimum atomic E-state index is -0.370. The van der Waals surface area contributed by atoms with Gasteiger partial charge in [-0.2, -0.15) is 0 Å². The van der Waals surface area contributed by atoms with Crippen LogP contribution >= 0.6 is 11.8 Å². The summed E-state index contributed by atoms with van der Waals surface area (Å²) < 4.78 is 7.11. The average molecular weight is 390 g/mol. The summed E-state index contributed by atoms with van der Waals surface area (Å²) in [5.74, 6) is 7.94. The topological polar surface area (TPSA) is 95.1 Å². The van der Waals surface area contributed by atoms with Gasteiger partial charge in [0.2, 0.25) is 11.1 Å². The zero-order valence-corrected chi connectivity index (χ0v) is 16.7. The number of carbonyl (C=O) groups excluding carboxylic acids is 1. The van der Waals surface area contributed by atoms with E-state index in [2.05, 4.69) is 15.5 Å². The molecule has 1 amide bonds. The van der Waals surface area contributed by atoms with Gasteiger partial charge in [0.15, 0.2) is 5.82 Å². The predicted molar refractivity (Wildman–Crippen MR) is 108 cm³/mol. The van der Waals surface area contributed by atoms with Crippen LogP contribution in [0.2, 0.25) is 0 Å². The fourth-order valence-corrected chi connectivity index (χ4v) is 4.08. The third-order valence-corrected chi connectivity index (χ3v) is 5.81. The molecule has 7 nitrogen and oxygen atoms in total. The van der Waals surface area contributed by atoms with Crippen molar-refractivity contribution in [1.82, 2.24) is 14.9 Å². The van der Waals surface area contributed by atoms with Crippen LogP contribution in [-0.4, -0.2) is 32.6 Å². The van der Waals surface area contributed by atoms with Gasteiger partial charge in [-0.3, -0.25) is 4.79 Å². The first-order valence-corrected chi connectivity index (χ1v) is 10.4. The second-order valence-corrected chi connectivity index (χ2v) is 8.03. The minimum absolute atomic E-state index is 0.130. The number of thioether (sulfide) groups is 1. The number of anilines is 1. The van der Waals surface area contributed by atoms with Gasteiger partial charge in [-0.1, -0.05) is 43.2 Å². The lowest BCUT2D eigenvalue weighted by molar-refractivity contribution is -0.115. The SMILES string of the molecule is CCOc1ccccc1NC(=O)[C@@H](C)Sc1nnc(C2CCCCC2)n1N. The fraction of sp³-hybridized carbons (Fsp3) is 0.526. The molecule has 1 saturated carbocycles. The summed E-state index contributed by atoms with van der Waals surface area (Å²) in [6.45, 7) is 4.28. The maximum Gasteiger partial charge on any atom is 0.237 e. The van der Waals surface area contributed by atoms with E-state index in [4.69, 9.17) is 10.6 Å². The van der Waals surface area contributed by atoms with Crippen LogP contribution in [0.3, 0.4) is 0 Å². The van der Waals surface area contributed by atoms with Crippen LogP contribution in [0.25, 0.3) is 0 Å². The number of benzene rings is 1. The first-order valence-electron chi connectivity index (χ1n) is 9.50. The molecule has 3 N–H and O–H groups in total. The first kappa shape index (κ1) is 19.5. The van der Waals surface area contributed by atoms with E-state index in [0.29, 0.717) is 29.1 Å². The summed E-state index contributed by atoms with van der Waals surface area (Å²) >= 11 is 1.31. The molecule has 27 heavy (non-hydrogen) atoms. The van der Waals surface area contributed by atoms with Gasteiger partial charge >= 0.3 is 0 Å². The molecule has 1 heterocycles. The fourth-order valence-electron chi connectivity index (χ4n) is 3.31. The molecule has 2 aromatic rings. The Morgan fingerprint density at radius 2 is 2.07 bits per heavy atom. The second-order valence-electron chi connectivity index (χ2n) is 6.72. The maximum absolute atomic E-state index is 12.6. The van der Waals surface area contributed by atoms with E-state index in [1.54, 1.807) is 4.68 Å². The Morgan fingerprint density at radius 1 is 1.33 bits per heavy atom. The highest BCUT2D eigenvalue weighted by Crippen LogP contribution is 2.33. The zero-order chi connectivity index (χ0) is 19.2. The van der Waals surface area contributed by atoms with Crippen molar-refractivity contribution in [3.05, 3.63) is 30.1 Å². The first-order chi connectivity index (χ1) is 13.1. The number of nitrogens with one attached hydrogen (secondary N) is 1. The standard InChI is InChI=1S/C19H27N5O2S/c1-3-26-16-12-8-7-11-15(16)21-18(25)13(2)27-19-23-22-17(24(19)20)14-9-5-4-6-10-14/h7-8,11-14H,3-6,9-10,20H2,1-2H3,(H,21,25)/t13-/m1/s1. The largest absolute Gasteiger partial charge is 0.492 e. The molecule has 1 fully saturated rings. The maximum atomic E-state index is 12.6. The van der Waals surface area contributed by atoms with Crippen LogP contribution in [0, 0.1) is 0 Å². The number of nitrogens with two attached hydrogens (primary N) is 1. The van der Waals surface area contributed by atoms with E-state index >= 15 is 0 Å². The molecule has 0 saturated heterocycles. The summed E-state index contributed by atoms with van der Waals surface area (Å²) in [7, 11) is 0. The summed E-state index contributed by atoms with van der Waals surface area (Å²) in [6, 6.07) is 7.40. The third-order valence-electron chi connectivity index (χ3n) is 4.76. The Kier molecular flexibility index (Phi) is 6.60. The number of nitrogens with zero attached hydrogens (tertiary/aromatic N) is 3. The lowest BCUT2D eigenvalue weighted by atomic mass is 9.89. The van der Waals surface area contributed by atoms with Gasteiger partial charge in [0, 0.05) is 5.92 Å². The molecule has 1 aromatic heterocycles. The van der Waals surface area contributed by atoms with Gasteiger partial charge in [-0.25, -0.2) is 4.68 Å². The Balaban J connectivity index is 1.64. The number of hydrogen-bond acceptors (Lipinski definition) is 6. The quantitative estimate of drug-likeness (QED) is 0.555. The van der Waals surface area contributed by atoms with Crippen LogP contribution in [-0.2, 0) is 4.79 Å². The van der Waals surface area contributed by atoms with Crippen molar-refractivity contribution in [2.24, 2.45) is 0 Å². The Bertz CT molecular complexity index is 773. The molecule has 0 unspecified atom stereocenters. The van der Waals surface area contributed by atoms with Crippen molar-refractivity contribution in [3.8, 4) is 5.75 Å². The number of nitrogen functional groups attached to an aromatic ring is 1. The van der Waals surface area contributed by atoms with E-state index in [9.17, 15) is 4.79 Å². The van der Waals surface area contributed by atoms with Crippen LogP contribution < -0.4 is 15.9 Å². The summed E-state index contributed by atoms with van der Waals surface area (Å²) in [4.78, 5) is 12.6. The summed E-state index contributed by atoms with van der Waals surface area (Å²) in [5, 5.41) is 11.6. The van der Waals surface area contributed by atoms with Gasteiger partial charge in [0.25, 0.3) is 0 Å². The molecule has 8 heteroatoms. The highest BCUT2D eigenvalue weighted by molar-refractivity contribution is 8.00. The highest BCUT2D eigenvalue weighted by atomic mass is 32.2. The number of hydrogen-bond donors (Lipinski definition) is 2. The molecular formula is C19H27N5O2S. The predicted octanol–water partition coefficient (Wildman–Crippen LogP) is 3.56. The number of para-hydroxylation sites is 2. The molecular weight excluding hydrogens is 362 g/mol. The van der Waals surface area contributed by atoms with Crippen LogP contribution in [0.5, 0.6) is 5.75 Å². The van der Waals surface area contributed by atoms with E-state index in [0.717, 1.165) is 18.7 Å². The zero-order valence-electron chi connectivity index (χ0n) is 15.9. The van der Waals surface area contributed by atoms with E-state index in [1.807, 2.05) is 38.1 Å². The Morgan fingerprint density at radius 3 is 2.81 bits per heavy atom. The van der Waals surface area contributed by atoms with Gasteiger partial charge in [-0.15, -0.1) is 10.2 Å². The van der Waals surface area contributed by atoms with Gasteiger partial charge in [-0.05, 0) is 38.8 Å². The molecule has 0 aliphatic heterocycles. The van der Waals surface area contributed by atoms with Crippen LogP contribution in [0.15, 0.2) is 29.4 Å². The van der Waals surface area contributed by atoms with Gasteiger partial charge in [0.05, 0.1) is 17.5 Å². The average Bonchev–Trinajstić information content (AvgIpc) is 3.04. The lowest BCUT2D eigenvalue weighted by Crippen LogP contribution is -2.24. The van der Waals surface area contributed by atoms with Gasteiger partial charge in [0.1, 0.15) is 5.75 Å². The van der Waals surface area contributed by atoms with Crippen molar-refractivity contribution < 1.29 is 9.53 Å². The monoisotopic (exact) mass is 389 g/mol. The van der Waals surface area contributed by atoms with E-state index in [-0.39, 0.29) is 11.2 Å². The molecule has 3 rings (SSSR count). The number of ether oxygens (including phenoxy) is 1. The Labute approximate surface area is 164 Å². The van der Waals surface area contributed by atoms with Crippen molar-refractivity contribution >= 4 is 23.4 Å². The smallest absolute Gasteiger partial charge is 0.237 e. The van der Waals surface area contributed by atoms with Crippen molar-refractivity contribution in [2.45, 2.75) is 62.3 Å². The molecule has 1 aliphatic rings. The van der Waals surface area contributed by atoms with E-state index in [1.165, 1.54) is 31.0 Å². The van der Waals surface area contributed by atoms with Crippen molar-refractivity contribution in [3.63, 3.8) is 0 Å². The molecule has 0 spiro atoms. The number of amides is 1. The van der Waals surface area contributed by atoms with Crippen molar-refractivity contribution in [2.75, 3.05) is 17.8 Å². The molecule has 146 valence electrons. The van der Waals surface area contributed by atoms with Crippen LogP contribution in [0.1, 0.15) is 57.7 Å². The molecule has 0 bridgehead atoms. The molecule has 1 atom stereocenters. The van der Waals surface area contributed by atoms with Crippen molar-refractivity contribution in [1.29, 1.82) is 0 Å².